The normalized spacial score (nSPS) is 18.3. The van der Waals surface area contributed by atoms with Gasteiger partial charge in [0, 0.05) is 24.7 Å². The molecule has 3 rings (SSSR count). The summed E-state index contributed by atoms with van der Waals surface area (Å²) in [5.74, 6) is -3.36. The molecule has 26 heavy (non-hydrogen) atoms. The largest absolute Gasteiger partial charge is 0.471 e. The number of carbonyl (C=O) groups excluding carboxylic acids is 1. The molecule has 1 N–H and O–H groups in total. The molecule has 0 radical (unpaired) electrons. The number of carbonyl (C=O) groups is 1. The molecule has 1 aliphatic heterocycles. The van der Waals surface area contributed by atoms with Gasteiger partial charge in [0.25, 0.3) is 5.91 Å². The molecule has 0 saturated carbocycles. The molecule has 2 heterocycles. The van der Waals surface area contributed by atoms with Gasteiger partial charge in [-0.05, 0) is 25.1 Å². The summed E-state index contributed by atoms with van der Waals surface area (Å²) in [6, 6.07) is 3.31. The summed E-state index contributed by atoms with van der Waals surface area (Å²) in [5.41, 5.74) is -0.209. The molecule has 1 saturated heterocycles. The zero-order valence-electron chi connectivity index (χ0n) is 13.8. The van der Waals surface area contributed by atoms with Crippen molar-refractivity contribution in [2.24, 2.45) is 0 Å². The lowest BCUT2D eigenvalue weighted by Crippen LogP contribution is -2.37. The number of rotatable bonds is 4. The number of nitrogens with zero attached hydrogens (tertiary/aromatic N) is 3. The number of nitrogens with one attached hydrogen (secondary N) is 1. The van der Waals surface area contributed by atoms with Crippen LogP contribution in [0.2, 0.25) is 0 Å². The van der Waals surface area contributed by atoms with E-state index in [2.05, 4.69) is 24.9 Å². The van der Waals surface area contributed by atoms with Gasteiger partial charge in [-0.2, -0.15) is 18.2 Å². The Bertz CT molecular complexity index is 806. The molecule has 1 aromatic carbocycles. The molecular weight excluding hydrogens is 356 g/mol. The van der Waals surface area contributed by atoms with Crippen LogP contribution in [0.4, 0.5) is 17.6 Å². The average molecular weight is 372 g/mol. The van der Waals surface area contributed by atoms with Gasteiger partial charge in [-0.3, -0.25) is 4.79 Å². The van der Waals surface area contributed by atoms with Crippen molar-refractivity contribution in [1.82, 2.24) is 20.4 Å². The lowest BCUT2D eigenvalue weighted by molar-refractivity contribution is -0.159. The van der Waals surface area contributed by atoms with Crippen LogP contribution >= 0.6 is 0 Å². The van der Waals surface area contributed by atoms with Crippen molar-refractivity contribution in [3.05, 3.63) is 35.5 Å². The molecule has 10 heteroatoms. The molecule has 0 spiro atoms. The maximum atomic E-state index is 14.3. The van der Waals surface area contributed by atoms with Gasteiger partial charge in [0.2, 0.25) is 5.82 Å². The Kier molecular flexibility index (Phi) is 4.94. The monoisotopic (exact) mass is 372 g/mol. The summed E-state index contributed by atoms with van der Waals surface area (Å²) in [7, 11) is 0. The molecule has 2 aromatic rings. The van der Waals surface area contributed by atoms with Gasteiger partial charge in [-0.1, -0.05) is 18.1 Å². The first-order valence-corrected chi connectivity index (χ1v) is 8.02. The highest BCUT2D eigenvalue weighted by atomic mass is 19.4. The second-order valence-corrected chi connectivity index (χ2v) is 5.97. The highest BCUT2D eigenvalue weighted by Gasteiger charge is 2.38. The summed E-state index contributed by atoms with van der Waals surface area (Å²) < 4.78 is 55.8. The van der Waals surface area contributed by atoms with E-state index in [1.54, 1.807) is 0 Å². The number of likely N-dealkylation sites (tertiary alicyclic amines) is 1. The van der Waals surface area contributed by atoms with Crippen LogP contribution in [-0.2, 0) is 6.18 Å². The number of halogens is 4. The molecule has 0 aliphatic carbocycles. The minimum atomic E-state index is -4.78. The lowest BCUT2D eigenvalue weighted by Gasteiger charge is -2.15. The van der Waals surface area contributed by atoms with Gasteiger partial charge in [-0.25, -0.2) is 4.39 Å². The van der Waals surface area contributed by atoms with Crippen LogP contribution in [-0.4, -0.2) is 46.6 Å². The van der Waals surface area contributed by atoms with Crippen molar-refractivity contribution in [2.45, 2.75) is 25.6 Å². The summed E-state index contributed by atoms with van der Waals surface area (Å²) in [4.78, 5) is 17.6. The molecule has 1 atom stereocenters. The van der Waals surface area contributed by atoms with Gasteiger partial charge >= 0.3 is 12.1 Å². The van der Waals surface area contributed by atoms with Crippen molar-refractivity contribution in [3.63, 3.8) is 0 Å². The number of likely N-dealkylation sites (N-methyl/N-ethyl adjacent to an activating group) is 1. The smallest absolute Gasteiger partial charge is 0.348 e. The molecule has 1 fully saturated rings. The Morgan fingerprint density at radius 2 is 2.19 bits per heavy atom. The van der Waals surface area contributed by atoms with Gasteiger partial charge in [-0.15, -0.1) is 0 Å². The van der Waals surface area contributed by atoms with E-state index in [4.69, 9.17) is 0 Å². The summed E-state index contributed by atoms with van der Waals surface area (Å²) in [6.45, 7) is 4.46. The minimum Gasteiger partial charge on any atom is -0.348 e. The van der Waals surface area contributed by atoms with E-state index in [9.17, 15) is 22.4 Å². The highest BCUT2D eigenvalue weighted by molar-refractivity contribution is 5.95. The zero-order chi connectivity index (χ0) is 18.9. The van der Waals surface area contributed by atoms with E-state index in [0.29, 0.717) is 6.54 Å². The van der Waals surface area contributed by atoms with Crippen molar-refractivity contribution < 1.29 is 26.9 Å². The first-order chi connectivity index (χ1) is 12.3. The fourth-order valence-corrected chi connectivity index (χ4v) is 2.80. The summed E-state index contributed by atoms with van der Waals surface area (Å²) in [5, 5.41) is 5.95. The Hall–Kier alpha value is -2.49. The average Bonchev–Trinajstić information content (AvgIpc) is 3.23. The van der Waals surface area contributed by atoms with Crippen LogP contribution in [0.3, 0.4) is 0 Å². The Morgan fingerprint density at radius 3 is 2.77 bits per heavy atom. The molecule has 1 unspecified atom stereocenters. The first-order valence-electron chi connectivity index (χ1n) is 8.02. The fraction of sp³-hybridized carbons (Fsp3) is 0.438. The predicted octanol–water partition coefficient (Wildman–Crippen LogP) is 2.72. The lowest BCUT2D eigenvalue weighted by atomic mass is 10.1. The molecule has 6 nitrogen and oxygen atoms in total. The van der Waals surface area contributed by atoms with E-state index in [1.165, 1.54) is 12.1 Å². The van der Waals surface area contributed by atoms with Gasteiger partial charge < -0.3 is 14.7 Å². The quantitative estimate of drug-likeness (QED) is 0.836. The number of alkyl halides is 3. The van der Waals surface area contributed by atoms with Crippen LogP contribution in [0.25, 0.3) is 11.4 Å². The fourth-order valence-electron chi connectivity index (χ4n) is 2.80. The van der Waals surface area contributed by atoms with Crippen molar-refractivity contribution in [1.29, 1.82) is 0 Å². The molecule has 0 bridgehead atoms. The van der Waals surface area contributed by atoms with Crippen molar-refractivity contribution in [2.75, 3.05) is 19.6 Å². The van der Waals surface area contributed by atoms with Gasteiger partial charge in [0.15, 0.2) is 0 Å². The predicted molar refractivity (Wildman–Crippen MR) is 82.7 cm³/mol. The van der Waals surface area contributed by atoms with Gasteiger partial charge in [0.05, 0.1) is 5.56 Å². The molecule has 1 aliphatic rings. The maximum Gasteiger partial charge on any atom is 0.471 e. The molecule has 1 amide bonds. The van der Waals surface area contributed by atoms with Crippen LogP contribution in [0, 0.1) is 5.82 Å². The number of amides is 1. The Labute approximate surface area is 146 Å². The zero-order valence-corrected chi connectivity index (χ0v) is 13.8. The van der Waals surface area contributed by atoms with E-state index in [-0.39, 0.29) is 17.2 Å². The van der Waals surface area contributed by atoms with Crippen molar-refractivity contribution in [3.8, 4) is 11.4 Å². The van der Waals surface area contributed by atoms with Crippen LogP contribution in [0.15, 0.2) is 22.7 Å². The van der Waals surface area contributed by atoms with Crippen LogP contribution < -0.4 is 5.32 Å². The molecule has 1 aromatic heterocycles. The van der Waals surface area contributed by atoms with Crippen LogP contribution in [0.5, 0.6) is 0 Å². The van der Waals surface area contributed by atoms with Crippen LogP contribution in [0.1, 0.15) is 29.6 Å². The standard InChI is InChI=1S/C16H16F4N4O2/c1-2-24-6-5-10(8-24)21-14(25)11-4-3-9(7-12(11)17)13-22-15(26-23-13)16(18,19)20/h3-4,7,10H,2,5-6,8H2,1H3,(H,21,25). The Balaban J connectivity index is 1.73. The van der Waals surface area contributed by atoms with E-state index < -0.39 is 29.6 Å². The molecular formula is C16H16F4N4O2. The number of benzene rings is 1. The second kappa shape index (κ2) is 7.02. The third kappa shape index (κ3) is 3.85. The summed E-state index contributed by atoms with van der Waals surface area (Å²) >= 11 is 0. The second-order valence-electron chi connectivity index (χ2n) is 5.97. The topological polar surface area (TPSA) is 71.3 Å². The highest BCUT2D eigenvalue weighted by Crippen LogP contribution is 2.29. The van der Waals surface area contributed by atoms with E-state index >= 15 is 0 Å². The number of hydrogen-bond donors (Lipinski definition) is 1. The maximum absolute atomic E-state index is 14.3. The van der Waals surface area contributed by atoms with E-state index in [1.807, 2.05) is 6.92 Å². The third-order valence-electron chi connectivity index (χ3n) is 4.20. The minimum absolute atomic E-state index is 0.0173. The van der Waals surface area contributed by atoms with Crippen molar-refractivity contribution >= 4 is 5.91 Å². The Morgan fingerprint density at radius 1 is 1.42 bits per heavy atom. The number of hydrogen-bond acceptors (Lipinski definition) is 5. The SMILES string of the molecule is CCN1CCC(NC(=O)c2ccc(-c3noc(C(F)(F)F)n3)cc2F)C1. The summed E-state index contributed by atoms with van der Waals surface area (Å²) in [6.07, 6.45) is -4.00. The number of aromatic nitrogens is 2. The molecule has 140 valence electrons. The van der Waals surface area contributed by atoms with E-state index in [0.717, 1.165) is 25.6 Å². The van der Waals surface area contributed by atoms with Gasteiger partial charge in [0.1, 0.15) is 5.82 Å². The first kappa shape index (κ1) is 18.3. The third-order valence-corrected chi connectivity index (χ3v) is 4.20.